The molecule has 0 atom stereocenters. The van der Waals surface area contributed by atoms with E-state index in [1.807, 2.05) is 54.6 Å². The number of carbonyl (C=O) groups excluding carboxylic acids is 1. The molecule has 0 fully saturated rings. The molecule has 0 bridgehead atoms. The van der Waals surface area contributed by atoms with Gasteiger partial charge in [-0.25, -0.2) is 0 Å². The molecule has 146 valence electrons. The Bertz CT molecular complexity index is 981. The highest BCUT2D eigenvalue weighted by molar-refractivity contribution is 7.99. The van der Waals surface area contributed by atoms with Crippen molar-refractivity contribution in [3.63, 3.8) is 0 Å². The molecule has 7 heteroatoms. The smallest absolute Gasteiger partial charge is 0.240 e. The molecule has 3 aromatic rings. The van der Waals surface area contributed by atoms with E-state index >= 15 is 0 Å². The first-order chi connectivity index (χ1) is 14.2. The van der Waals surface area contributed by atoms with Crippen LogP contribution in [0.5, 0.6) is 0 Å². The first-order valence-corrected chi connectivity index (χ1v) is 10.5. The van der Waals surface area contributed by atoms with Crippen LogP contribution in [0.15, 0.2) is 88.7 Å². The number of amides is 1. The van der Waals surface area contributed by atoms with Crippen molar-refractivity contribution < 1.29 is 4.79 Å². The van der Waals surface area contributed by atoms with Crippen LogP contribution in [0, 0.1) is 0 Å². The molecule has 0 saturated carbocycles. The van der Waals surface area contributed by atoms with Crippen LogP contribution in [0.4, 0.5) is 17.1 Å². The Hall–Kier alpha value is -3.03. The van der Waals surface area contributed by atoms with Crippen LogP contribution in [0.1, 0.15) is 6.42 Å². The van der Waals surface area contributed by atoms with E-state index in [1.54, 1.807) is 11.8 Å². The number of hydrazine groups is 1. The lowest BCUT2D eigenvalue weighted by molar-refractivity contribution is -0.121. The van der Waals surface area contributed by atoms with Gasteiger partial charge in [-0.15, -0.1) is 0 Å². The van der Waals surface area contributed by atoms with Gasteiger partial charge in [0.15, 0.2) is 5.11 Å². The van der Waals surface area contributed by atoms with Crippen LogP contribution in [-0.4, -0.2) is 17.6 Å². The number of carbonyl (C=O) groups is 1. The Morgan fingerprint density at radius 2 is 1.41 bits per heavy atom. The van der Waals surface area contributed by atoms with Crippen LogP contribution in [0.3, 0.4) is 0 Å². The highest BCUT2D eigenvalue weighted by atomic mass is 32.2. The molecular weight excluding hydrogens is 400 g/mol. The second-order valence-corrected chi connectivity index (χ2v) is 7.92. The zero-order valence-electron chi connectivity index (χ0n) is 15.6. The van der Waals surface area contributed by atoms with Crippen LogP contribution >= 0.6 is 24.0 Å². The quantitative estimate of drug-likeness (QED) is 0.420. The zero-order chi connectivity index (χ0) is 20.1. The Morgan fingerprint density at radius 3 is 2.07 bits per heavy atom. The van der Waals surface area contributed by atoms with E-state index in [0.29, 0.717) is 18.1 Å². The summed E-state index contributed by atoms with van der Waals surface area (Å²) >= 11 is 6.97. The van der Waals surface area contributed by atoms with Crippen molar-refractivity contribution in [1.29, 1.82) is 0 Å². The van der Waals surface area contributed by atoms with E-state index in [4.69, 9.17) is 12.2 Å². The van der Waals surface area contributed by atoms with Gasteiger partial charge < -0.3 is 10.2 Å². The Kier molecular flexibility index (Phi) is 5.97. The molecule has 1 aliphatic rings. The molecule has 0 radical (unpaired) electrons. The van der Waals surface area contributed by atoms with E-state index in [1.165, 1.54) is 9.79 Å². The minimum atomic E-state index is -0.129. The lowest BCUT2D eigenvalue weighted by Crippen LogP contribution is -2.44. The Morgan fingerprint density at radius 1 is 0.828 bits per heavy atom. The second-order valence-electron chi connectivity index (χ2n) is 6.43. The normalized spacial score (nSPS) is 11.8. The lowest BCUT2D eigenvalue weighted by atomic mass is 10.2. The van der Waals surface area contributed by atoms with Crippen molar-refractivity contribution >= 4 is 52.1 Å². The Labute approximate surface area is 179 Å². The predicted molar refractivity (Wildman–Crippen MR) is 123 cm³/mol. The number of para-hydroxylation sites is 3. The fourth-order valence-corrected chi connectivity index (χ4v) is 4.37. The van der Waals surface area contributed by atoms with Crippen molar-refractivity contribution in [2.45, 2.75) is 16.2 Å². The molecule has 0 aromatic heterocycles. The van der Waals surface area contributed by atoms with E-state index in [-0.39, 0.29) is 5.91 Å². The molecule has 5 nitrogen and oxygen atoms in total. The third kappa shape index (κ3) is 4.70. The predicted octanol–water partition coefficient (Wildman–Crippen LogP) is 4.70. The van der Waals surface area contributed by atoms with Crippen molar-refractivity contribution in [3.05, 3.63) is 78.9 Å². The van der Waals surface area contributed by atoms with Gasteiger partial charge >= 0.3 is 0 Å². The maximum absolute atomic E-state index is 12.4. The molecular formula is C22H20N4OS2. The summed E-state index contributed by atoms with van der Waals surface area (Å²) in [7, 11) is 0. The molecule has 1 aliphatic heterocycles. The number of nitrogens with zero attached hydrogens (tertiary/aromatic N) is 1. The van der Waals surface area contributed by atoms with Crippen molar-refractivity contribution in [3.8, 4) is 0 Å². The number of anilines is 3. The summed E-state index contributed by atoms with van der Waals surface area (Å²) in [5.41, 5.74) is 8.53. The third-order valence-electron chi connectivity index (χ3n) is 4.44. The van der Waals surface area contributed by atoms with Crippen molar-refractivity contribution in [1.82, 2.24) is 10.9 Å². The van der Waals surface area contributed by atoms with Gasteiger partial charge in [0.2, 0.25) is 5.91 Å². The molecule has 0 unspecified atom stereocenters. The molecule has 0 spiro atoms. The number of hydrogen-bond acceptors (Lipinski definition) is 4. The summed E-state index contributed by atoms with van der Waals surface area (Å²) in [6.07, 6.45) is 0.328. The number of rotatable bonds is 4. The molecule has 29 heavy (non-hydrogen) atoms. The number of benzene rings is 3. The van der Waals surface area contributed by atoms with Gasteiger partial charge in [-0.3, -0.25) is 15.6 Å². The van der Waals surface area contributed by atoms with E-state index in [9.17, 15) is 4.79 Å². The average molecular weight is 421 g/mol. The maximum Gasteiger partial charge on any atom is 0.240 e. The summed E-state index contributed by atoms with van der Waals surface area (Å²) in [6, 6.07) is 26.1. The number of nitrogens with one attached hydrogen (secondary N) is 3. The lowest BCUT2D eigenvalue weighted by Gasteiger charge is -2.32. The SMILES string of the molecule is O=C(CCN1c2ccccc2Sc2ccccc21)NNC(=S)Nc1ccccc1. The van der Waals surface area contributed by atoms with Crippen molar-refractivity contribution in [2.24, 2.45) is 0 Å². The molecule has 0 saturated heterocycles. The summed E-state index contributed by atoms with van der Waals surface area (Å²) in [6.45, 7) is 0.570. The van der Waals surface area contributed by atoms with Crippen LogP contribution in [0.25, 0.3) is 0 Å². The highest BCUT2D eigenvalue weighted by Gasteiger charge is 2.23. The molecule has 3 aromatic carbocycles. The largest absolute Gasteiger partial charge is 0.339 e. The van der Waals surface area contributed by atoms with Gasteiger partial charge in [0, 0.05) is 28.4 Å². The average Bonchev–Trinajstić information content (AvgIpc) is 2.76. The van der Waals surface area contributed by atoms with Crippen molar-refractivity contribution in [2.75, 3.05) is 16.8 Å². The standard InChI is InChI=1S/C22H20N4OS2/c27-21(24-25-22(28)23-16-8-2-1-3-9-16)14-15-26-17-10-4-6-12-19(17)29-20-13-7-5-11-18(20)26/h1-13H,14-15H2,(H,24,27)(H2,23,25,28). The van der Waals surface area contributed by atoms with Crippen LogP contribution < -0.4 is 21.1 Å². The van der Waals surface area contributed by atoms with E-state index < -0.39 is 0 Å². The molecule has 4 rings (SSSR count). The van der Waals surface area contributed by atoms with Crippen LogP contribution in [0.2, 0.25) is 0 Å². The Balaban J connectivity index is 1.35. The maximum atomic E-state index is 12.4. The number of hydrogen-bond donors (Lipinski definition) is 3. The van der Waals surface area contributed by atoms with Gasteiger partial charge in [-0.1, -0.05) is 54.2 Å². The summed E-state index contributed by atoms with van der Waals surface area (Å²) in [4.78, 5) is 17.0. The van der Waals surface area contributed by atoms with Gasteiger partial charge in [-0.05, 0) is 48.6 Å². The van der Waals surface area contributed by atoms with Gasteiger partial charge in [0.25, 0.3) is 0 Å². The minimum Gasteiger partial charge on any atom is -0.339 e. The fraction of sp³-hybridized carbons (Fsp3) is 0.0909. The molecule has 1 heterocycles. The summed E-state index contributed by atoms with van der Waals surface area (Å²) < 4.78 is 0. The van der Waals surface area contributed by atoms with Gasteiger partial charge in [0.05, 0.1) is 11.4 Å². The topological polar surface area (TPSA) is 56.4 Å². The van der Waals surface area contributed by atoms with Gasteiger partial charge in [0.1, 0.15) is 0 Å². The number of thiocarbonyl (C=S) groups is 1. The van der Waals surface area contributed by atoms with Crippen LogP contribution in [-0.2, 0) is 4.79 Å². The summed E-state index contributed by atoms with van der Waals surface area (Å²) in [5.74, 6) is -0.129. The number of fused-ring (bicyclic) bond motifs is 2. The zero-order valence-corrected chi connectivity index (χ0v) is 17.2. The van der Waals surface area contributed by atoms with E-state index in [0.717, 1.165) is 17.1 Å². The molecule has 0 aliphatic carbocycles. The monoisotopic (exact) mass is 420 g/mol. The fourth-order valence-electron chi connectivity index (χ4n) is 3.11. The summed E-state index contributed by atoms with van der Waals surface area (Å²) in [5, 5.41) is 3.36. The van der Waals surface area contributed by atoms with E-state index in [2.05, 4.69) is 45.3 Å². The highest BCUT2D eigenvalue weighted by Crippen LogP contribution is 2.47. The second kappa shape index (κ2) is 8.98. The minimum absolute atomic E-state index is 0.129. The third-order valence-corrected chi connectivity index (χ3v) is 5.78. The molecule has 1 amide bonds. The first-order valence-electron chi connectivity index (χ1n) is 9.25. The molecule has 3 N–H and O–H groups in total. The first kappa shape index (κ1) is 19.3. The van der Waals surface area contributed by atoms with Gasteiger partial charge in [-0.2, -0.15) is 0 Å².